The maximum atomic E-state index is 12.8. The van der Waals surface area contributed by atoms with Crippen LogP contribution in [0.15, 0.2) is 41.8 Å². The van der Waals surface area contributed by atoms with Crippen molar-refractivity contribution in [3.05, 3.63) is 42.5 Å². The first kappa shape index (κ1) is 19.0. The van der Waals surface area contributed by atoms with Crippen LogP contribution in [0, 0.1) is 0 Å². The van der Waals surface area contributed by atoms with E-state index in [1.54, 1.807) is 30.3 Å². The molecule has 1 aromatic carbocycles. The van der Waals surface area contributed by atoms with Gasteiger partial charge in [-0.2, -0.15) is 0 Å². The molecule has 22 heavy (non-hydrogen) atoms. The van der Waals surface area contributed by atoms with Gasteiger partial charge in [-0.1, -0.05) is 38.0 Å². The molecule has 4 nitrogen and oxygen atoms in total. The molecule has 0 saturated carbocycles. The van der Waals surface area contributed by atoms with Crippen LogP contribution in [0.25, 0.3) is 0 Å². The monoisotopic (exact) mass is 325 g/mol. The highest BCUT2D eigenvalue weighted by molar-refractivity contribution is 7.82. The molecule has 0 radical (unpaired) electrons. The van der Waals surface area contributed by atoms with Crippen LogP contribution < -0.4 is 0 Å². The van der Waals surface area contributed by atoms with Gasteiger partial charge in [0.2, 0.25) is 0 Å². The van der Waals surface area contributed by atoms with Crippen molar-refractivity contribution in [3.63, 3.8) is 0 Å². The number of hydrogen-bond donors (Lipinski definition) is 2. The Morgan fingerprint density at radius 1 is 1.27 bits per heavy atom. The molecule has 0 aromatic heterocycles. The van der Waals surface area contributed by atoms with Crippen LogP contribution in [-0.4, -0.2) is 37.9 Å². The number of rotatable bonds is 11. The third kappa shape index (κ3) is 5.65. The number of nitrogens with zero attached hydrogens (tertiary/aromatic N) is 1. The molecule has 124 valence electrons. The Kier molecular flexibility index (Phi) is 9.24. The topological polar surface area (TPSA) is 60.8 Å². The molecule has 1 rings (SSSR count). The quantitative estimate of drug-likeness (QED) is 0.486. The minimum absolute atomic E-state index is 0.0249. The summed E-state index contributed by atoms with van der Waals surface area (Å²) >= 11 is 0. The molecule has 1 aromatic rings. The summed E-state index contributed by atoms with van der Waals surface area (Å²) in [6.45, 7) is 6.46. The van der Waals surface area contributed by atoms with Gasteiger partial charge >= 0.3 is 0 Å². The Morgan fingerprint density at radius 3 is 2.45 bits per heavy atom. The number of hydrogen-bond acceptors (Lipinski definition) is 3. The van der Waals surface area contributed by atoms with Crippen LogP contribution >= 0.6 is 0 Å². The van der Waals surface area contributed by atoms with E-state index in [9.17, 15) is 9.32 Å². The van der Waals surface area contributed by atoms with E-state index in [-0.39, 0.29) is 19.3 Å². The summed E-state index contributed by atoms with van der Waals surface area (Å²) in [5.74, 6) is 0. The second kappa shape index (κ2) is 10.7. The number of unbranched alkanes of at least 4 members (excludes halogenated alkanes) is 2. The molecule has 0 amide bonds. The lowest BCUT2D eigenvalue weighted by Crippen LogP contribution is -2.39. The summed E-state index contributed by atoms with van der Waals surface area (Å²) in [4.78, 5) is 0.691. The summed E-state index contributed by atoms with van der Waals surface area (Å²) in [5.41, 5.74) is 0.795. The van der Waals surface area contributed by atoms with Crippen LogP contribution in [0.2, 0.25) is 0 Å². The van der Waals surface area contributed by atoms with Gasteiger partial charge in [0.1, 0.15) is 11.0 Å². The maximum Gasteiger partial charge on any atom is 0.127 e. The molecule has 2 N–H and O–H groups in total. The van der Waals surface area contributed by atoms with Gasteiger partial charge in [0, 0.05) is 12.6 Å². The van der Waals surface area contributed by atoms with Gasteiger partial charge in [0.05, 0.1) is 18.1 Å². The zero-order valence-electron chi connectivity index (χ0n) is 13.3. The largest absolute Gasteiger partial charge is 0.395 e. The highest BCUT2D eigenvalue weighted by Crippen LogP contribution is 2.18. The van der Waals surface area contributed by atoms with Crippen molar-refractivity contribution in [2.75, 3.05) is 13.2 Å². The fourth-order valence-electron chi connectivity index (χ4n) is 2.24. The number of benzene rings is 1. The molecule has 2 unspecified atom stereocenters. The molecule has 0 aliphatic carbocycles. The summed E-state index contributed by atoms with van der Waals surface area (Å²) < 4.78 is 14.7. The Balaban J connectivity index is 2.90. The first-order valence-corrected chi connectivity index (χ1v) is 8.88. The van der Waals surface area contributed by atoms with Gasteiger partial charge in [-0.15, -0.1) is 6.58 Å². The zero-order valence-corrected chi connectivity index (χ0v) is 14.1. The van der Waals surface area contributed by atoms with Gasteiger partial charge in [-0.3, -0.25) is 0 Å². The molecule has 5 heteroatoms. The van der Waals surface area contributed by atoms with Crippen molar-refractivity contribution >= 4 is 11.0 Å². The predicted molar refractivity (Wildman–Crippen MR) is 90.7 cm³/mol. The SMILES string of the molecule is C=CCC(CO)N(CCCCC)S(=O)c1ccc(CO)cc1. The standard InChI is InChI=1S/C17H27NO3S/c1-3-5-6-12-18(16(14-20)7-4-2)22(21)17-10-8-15(13-19)9-11-17/h4,8-11,16,19-20H,2-3,5-7,12-14H2,1H3. The molecule has 0 aliphatic heterocycles. The summed E-state index contributed by atoms with van der Waals surface area (Å²) in [6.07, 6.45) is 5.47. The molecule has 0 spiro atoms. The van der Waals surface area contributed by atoms with Crippen LogP contribution in [0.4, 0.5) is 0 Å². The zero-order chi connectivity index (χ0) is 16.4. The van der Waals surface area contributed by atoms with Crippen molar-refractivity contribution in [2.45, 2.75) is 50.2 Å². The Labute approximate surface area is 136 Å². The van der Waals surface area contributed by atoms with E-state index in [2.05, 4.69) is 13.5 Å². The fourth-order valence-corrected chi connectivity index (χ4v) is 3.60. The van der Waals surface area contributed by atoms with E-state index in [1.807, 2.05) is 4.31 Å². The van der Waals surface area contributed by atoms with E-state index in [1.165, 1.54) is 0 Å². The van der Waals surface area contributed by atoms with Crippen molar-refractivity contribution in [1.29, 1.82) is 0 Å². The minimum atomic E-state index is -1.32. The third-order valence-electron chi connectivity index (χ3n) is 3.56. The molecule has 0 saturated heterocycles. The second-order valence-electron chi connectivity index (χ2n) is 5.26. The lowest BCUT2D eigenvalue weighted by molar-refractivity contribution is 0.191. The van der Waals surface area contributed by atoms with Crippen LogP contribution in [-0.2, 0) is 17.6 Å². The average molecular weight is 325 g/mol. The van der Waals surface area contributed by atoms with Crippen LogP contribution in [0.3, 0.4) is 0 Å². The van der Waals surface area contributed by atoms with Crippen molar-refractivity contribution in [3.8, 4) is 0 Å². The van der Waals surface area contributed by atoms with E-state index in [4.69, 9.17) is 5.11 Å². The normalized spacial score (nSPS) is 14.0. The van der Waals surface area contributed by atoms with Crippen molar-refractivity contribution < 1.29 is 14.4 Å². The lowest BCUT2D eigenvalue weighted by atomic mass is 10.2. The molecular weight excluding hydrogens is 298 g/mol. The first-order chi connectivity index (χ1) is 10.7. The van der Waals surface area contributed by atoms with E-state index in [0.717, 1.165) is 24.8 Å². The maximum absolute atomic E-state index is 12.8. The van der Waals surface area contributed by atoms with E-state index in [0.29, 0.717) is 17.9 Å². The Bertz CT molecular complexity index is 461. The number of aliphatic hydroxyl groups is 2. The van der Waals surface area contributed by atoms with Crippen molar-refractivity contribution in [1.82, 2.24) is 4.31 Å². The summed E-state index contributed by atoms with van der Waals surface area (Å²) in [5, 5.41) is 18.7. The van der Waals surface area contributed by atoms with Gasteiger partial charge in [-0.25, -0.2) is 8.51 Å². The van der Waals surface area contributed by atoms with Gasteiger partial charge in [-0.05, 0) is 30.5 Å². The molecule has 2 atom stereocenters. The van der Waals surface area contributed by atoms with E-state index >= 15 is 0 Å². The van der Waals surface area contributed by atoms with Crippen LogP contribution in [0.1, 0.15) is 38.2 Å². The molecule has 0 aliphatic rings. The first-order valence-electron chi connectivity index (χ1n) is 7.78. The Morgan fingerprint density at radius 2 is 1.95 bits per heavy atom. The molecule has 0 fully saturated rings. The summed E-state index contributed by atoms with van der Waals surface area (Å²) in [6, 6.07) is 6.92. The van der Waals surface area contributed by atoms with Gasteiger partial charge in [0.15, 0.2) is 0 Å². The smallest absolute Gasteiger partial charge is 0.127 e. The predicted octanol–water partition coefficient (Wildman–Crippen LogP) is 2.63. The Hall–Kier alpha value is -1.01. The van der Waals surface area contributed by atoms with Gasteiger partial charge < -0.3 is 10.2 Å². The van der Waals surface area contributed by atoms with Crippen molar-refractivity contribution in [2.24, 2.45) is 0 Å². The summed E-state index contributed by atoms with van der Waals surface area (Å²) in [7, 11) is -1.32. The molecular formula is C17H27NO3S. The highest BCUT2D eigenvalue weighted by atomic mass is 32.2. The number of aliphatic hydroxyl groups excluding tert-OH is 2. The fraction of sp³-hybridized carbons (Fsp3) is 0.529. The molecule has 0 heterocycles. The minimum Gasteiger partial charge on any atom is -0.395 e. The lowest BCUT2D eigenvalue weighted by Gasteiger charge is -2.28. The van der Waals surface area contributed by atoms with Crippen LogP contribution in [0.5, 0.6) is 0 Å². The second-order valence-corrected chi connectivity index (χ2v) is 6.70. The van der Waals surface area contributed by atoms with Gasteiger partial charge in [0.25, 0.3) is 0 Å². The average Bonchev–Trinajstić information content (AvgIpc) is 2.56. The molecule has 0 bridgehead atoms. The third-order valence-corrected chi connectivity index (χ3v) is 5.14. The van der Waals surface area contributed by atoms with E-state index < -0.39 is 11.0 Å². The highest BCUT2D eigenvalue weighted by Gasteiger charge is 2.23.